The van der Waals surface area contributed by atoms with Crippen LogP contribution >= 0.6 is 0 Å². The number of nitriles is 1. The highest BCUT2D eigenvalue weighted by Crippen LogP contribution is 2.29. The maximum absolute atomic E-state index is 12.3. The molecule has 2 aromatic rings. The van der Waals surface area contributed by atoms with Crippen molar-refractivity contribution in [1.82, 2.24) is 5.32 Å². The Morgan fingerprint density at radius 2 is 1.88 bits per heavy atom. The zero-order chi connectivity index (χ0) is 23.5. The Bertz CT molecular complexity index is 1040. The molecule has 168 valence electrons. The molecule has 0 bridgehead atoms. The fourth-order valence-electron chi connectivity index (χ4n) is 2.80. The van der Waals surface area contributed by atoms with Crippen molar-refractivity contribution in [3.05, 3.63) is 58.7 Å². The number of rotatable bonds is 10. The van der Waals surface area contributed by atoms with Gasteiger partial charge in [0.25, 0.3) is 5.91 Å². The number of nitrogens with zero attached hydrogens (tertiary/aromatic N) is 1. The molecule has 0 radical (unpaired) electrons. The van der Waals surface area contributed by atoms with E-state index in [4.69, 9.17) is 14.2 Å². The second-order valence-corrected chi connectivity index (χ2v) is 7.22. The Morgan fingerprint density at radius 3 is 2.56 bits per heavy atom. The van der Waals surface area contributed by atoms with Gasteiger partial charge in [-0.05, 0) is 61.2 Å². The third kappa shape index (κ3) is 7.17. The van der Waals surface area contributed by atoms with E-state index in [9.17, 15) is 14.9 Å². The molecule has 0 saturated carbocycles. The monoisotopic (exact) mass is 436 g/mol. The zero-order valence-corrected chi connectivity index (χ0v) is 18.9. The van der Waals surface area contributed by atoms with Crippen LogP contribution in [0.4, 0.5) is 0 Å². The van der Waals surface area contributed by atoms with Crippen molar-refractivity contribution in [2.24, 2.45) is 0 Å². The number of hydrogen-bond acceptors (Lipinski definition) is 6. The van der Waals surface area contributed by atoms with E-state index in [-0.39, 0.29) is 17.9 Å². The molecule has 0 aliphatic heterocycles. The minimum absolute atomic E-state index is 0.0187. The normalized spacial score (nSPS) is 10.8. The molecule has 0 saturated heterocycles. The van der Waals surface area contributed by atoms with E-state index in [1.165, 1.54) is 13.2 Å². The fourth-order valence-corrected chi connectivity index (χ4v) is 2.80. The van der Waals surface area contributed by atoms with Crippen molar-refractivity contribution in [1.29, 1.82) is 5.26 Å². The number of esters is 1. The van der Waals surface area contributed by atoms with Crippen molar-refractivity contribution in [3.8, 4) is 23.3 Å². The van der Waals surface area contributed by atoms with Gasteiger partial charge in [-0.25, -0.2) is 4.79 Å². The van der Waals surface area contributed by atoms with E-state index in [1.807, 2.05) is 45.0 Å². The van der Waals surface area contributed by atoms with E-state index in [1.54, 1.807) is 18.2 Å². The molecule has 1 amide bonds. The summed E-state index contributed by atoms with van der Waals surface area (Å²) in [4.78, 5) is 24.4. The molecule has 1 N–H and O–H groups in total. The van der Waals surface area contributed by atoms with E-state index in [0.29, 0.717) is 23.6 Å². The van der Waals surface area contributed by atoms with Crippen molar-refractivity contribution < 1.29 is 23.8 Å². The molecule has 7 heteroatoms. The first-order valence-electron chi connectivity index (χ1n) is 10.4. The minimum Gasteiger partial charge on any atom is -0.493 e. The highest BCUT2D eigenvalue weighted by Gasteiger charge is 2.14. The van der Waals surface area contributed by atoms with Crippen LogP contribution in [0.15, 0.2) is 42.0 Å². The Labute approximate surface area is 188 Å². The quantitative estimate of drug-likeness (QED) is 0.198. The van der Waals surface area contributed by atoms with Crippen molar-refractivity contribution in [2.45, 2.75) is 33.6 Å². The van der Waals surface area contributed by atoms with Crippen molar-refractivity contribution >= 4 is 18.0 Å². The first-order chi connectivity index (χ1) is 15.4. The van der Waals surface area contributed by atoms with Gasteiger partial charge >= 0.3 is 5.97 Å². The summed E-state index contributed by atoms with van der Waals surface area (Å²) in [6.07, 6.45) is 3.24. The molecule has 0 unspecified atom stereocenters. The summed E-state index contributed by atoms with van der Waals surface area (Å²) in [5, 5.41) is 12.0. The van der Waals surface area contributed by atoms with Crippen LogP contribution in [0.1, 0.15) is 36.5 Å². The van der Waals surface area contributed by atoms with Gasteiger partial charge in [-0.3, -0.25) is 4.79 Å². The molecule has 2 aromatic carbocycles. The standard InChI is InChI=1S/C25H28N2O5/c1-5-6-11-27-25(29)20(15-26)13-19-9-10-21(23(14-19)30-4)32-24(28)16-31-22-12-17(2)7-8-18(22)3/h7-10,12-14H,5-6,11,16H2,1-4H3,(H,27,29)/b20-13+. The van der Waals surface area contributed by atoms with Crippen molar-refractivity contribution in [3.63, 3.8) is 0 Å². The third-order valence-corrected chi connectivity index (χ3v) is 4.59. The molecule has 0 aromatic heterocycles. The van der Waals surface area contributed by atoms with Crippen molar-refractivity contribution in [2.75, 3.05) is 20.3 Å². The number of aryl methyl sites for hydroxylation is 2. The van der Waals surface area contributed by atoms with Crippen LogP contribution < -0.4 is 19.5 Å². The maximum Gasteiger partial charge on any atom is 0.349 e. The predicted octanol–water partition coefficient (Wildman–Crippen LogP) is 4.12. The Hall–Kier alpha value is -3.79. The Kier molecular flexibility index (Phi) is 9.30. The van der Waals surface area contributed by atoms with Gasteiger partial charge in [0.15, 0.2) is 18.1 Å². The van der Waals surface area contributed by atoms with Crippen LogP contribution in [0.5, 0.6) is 17.2 Å². The fraction of sp³-hybridized carbons (Fsp3) is 0.320. The van der Waals surface area contributed by atoms with Gasteiger partial charge in [0.05, 0.1) is 7.11 Å². The SMILES string of the molecule is CCCCNC(=O)/C(C#N)=C/c1ccc(OC(=O)COc2cc(C)ccc2C)c(OC)c1. The number of carbonyl (C=O) groups is 2. The molecule has 0 heterocycles. The second kappa shape index (κ2) is 12.2. The number of unbranched alkanes of at least 4 members (excludes halogenated alkanes) is 1. The smallest absolute Gasteiger partial charge is 0.349 e. The van der Waals surface area contributed by atoms with Crippen LogP contribution in [0, 0.1) is 25.2 Å². The van der Waals surface area contributed by atoms with Gasteiger partial charge in [0.1, 0.15) is 17.4 Å². The number of nitrogens with one attached hydrogen (secondary N) is 1. The Morgan fingerprint density at radius 1 is 1.09 bits per heavy atom. The summed E-state index contributed by atoms with van der Waals surface area (Å²) in [7, 11) is 1.44. The number of carbonyl (C=O) groups excluding carboxylic acids is 2. The minimum atomic E-state index is -0.583. The third-order valence-electron chi connectivity index (χ3n) is 4.59. The van der Waals surface area contributed by atoms with E-state index < -0.39 is 11.9 Å². The number of benzene rings is 2. The lowest BCUT2D eigenvalue weighted by Gasteiger charge is -2.12. The first-order valence-corrected chi connectivity index (χ1v) is 10.4. The molecule has 2 rings (SSSR count). The van der Waals surface area contributed by atoms with E-state index >= 15 is 0 Å². The molecule has 7 nitrogen and oxygen atoms in total. The highest BCUT2D eigenvalue weighted by molar-refractivity contribution is 6.01. The number of methoxy groups -OCH3 is 1. The summed E-state index contributed by atoms with van der Waals surface area (Å²) in [6, 6.07) is 12.4. The topological polar surface area (TPSA) is 97.7 Å². The number of hydrogen-bond donors (Lipinski definition) is 1. The molecular formula is C25H28N2O5. The van der Waals surface area contributed by atoms with Crippen LogP contribution in [-0.4, -0.2) is 32.1 Å². The molecule has 0 aliphatic rings. The van der Waals surface area contributed by atoms with Crippen LogP contribution in [0.2, 0.25) is 0 Å². The highest BCUT2D eigenvalue weighted by atomic mass is 16.6. The second-order valence-electron chi connectivity index (χ2n) is 7.22. The van der Waals surface area contributed by atoms with Crippen LogP contribution in [0.25, 0.3) is 6.08 Å². The molecule has 0 fully saturated rings. The number of amides is 1. The average Bonchev–Trinajstić information content (AvgIpc) is 2.78. The zero-order valence-electron chi connectivity index (χ0n) is 18.9. The molecular weight excluding hydrogens is 408 g/mol. The van der Waals surface area contributed by atoms with Crippen LogP contribution in [0.3, 0.4) is 0 Å². The summed E-state index contributed by atoms with van der Waals surface area (Å²) in [5.74, 6) is 0.114. The van der Waals surface area contributed by atoms with Gasteiger partial charge < -0.3 is 19.5 Å². The average molecular weight is 437 g/mol. The maximum atomic E-state index is 12.3. The molecule has 32 heavy (non-hydrogen) atoms. The van der Waals surface area contributed by atoms with Gasteiger partial charge in [-0.15, -0.1) is 0 Å². The Balaban J connectivity index is 2.07. The largest absolute Gasteiger partial charge is 0.493 e. The summed E-state index contributed by atoms with van der Waals surface area (Å²) < 4.78 is 16.3. The van der Waals surface area contributed by atoms with E-state index in [0.717, 1.165) is 24.0 Å². The van der Waals surface area contributed by atoms with Gasteiger partial charge in [0, 0.05) is 6.54 Å². The van der Waals surface area contributed by atoms with Gasteiger partial charge in [0.2, 0.25) is 0 Å². The molecule has 0 spiro atoms. The summed E-state index contributed by atoms with van der Waals surface area (Å²) >= 11 is 0. The number of ether oxygens (including phenoxy) is 3. The van der Waals surface area contributed by atoms with Gasteiger partial charge in [-0.2, -0.15) is 5.26 Å². The lowest BCUT2D eigenvalue weighted by molar-refractivity contribution is -0.136. The summed E-state index contributed by atoms with van der Waals surface area (Å²) in [6.45, 7) is 6.11. The first kappa shape index (κ1) is 24.5. The van der Waals surface area contributed by atoms with Crippen LogP contribution in [-0.2, 0) is 9.59 Å². The van der Waals surface area contributed by atoms with Gasteiger partial charge in [-0.1, -0.05) is 31.5 Å². The summed E-state index contributed by atoms with van der Waals surface area (Å²) in [5.41, 5.74) is 2.49. The van der Waals surface area contributed by atoms with E-state index in [2.05, 4.69) is 5.32 Å². The predicted molar refractivity (Wildman–Crippen MR) is 122 cm³/mol. The lowest BCUT2D eigenvalue weighted by Crippen LogP contribution is -2.25. The molecule has 0 atom stereocenters. The lowest BCUT2D eigenvalue weighted by atomic mass is 10.1. The molecule has 0 aliphatic carbocycles.